The fraction of sp³-hybridized carbons (Fsp3) is 0.611. The maximum atomic E-state index is 5.84. The van der Waals surface area contributed by atoms with E-state index in [0.717, 1.165) is 38.5 Å². The summed E-state index contributed by atoms with van der Waals surface area (Å²) < 4.78 is 5.84. The fourth-order valence-electron chi connectivity index (χ4n) is 2.85. The molecule has 0 radical (unpaired) electrons. The maximum absolute atomic E-state index is 5.84. The monoisotopic (exact) mass is 335 g/mol. The van der Waals surface area contributed by atoms with Crippen LogP contribution in [0.1, 0.15) is 25.0 Å². The zero-order chi connectivity index (χ0) is 16.8. The summed E-state index contributed by atoms with van der Waals surface area (Å²) in [5, 5.41) is 7.23. The molecule has 128 valence electrons. The van der Waals surface area contributed by atoms with Crippen molar-refractivity contribution < 1.29 is 4.74 Å². The van der Waals surface area contributed by atoms with E-state index in [1.165, 1.54) is 11.1 Å². The molecule has 5 heteroatoms. The number of benzene rings is 1. The van der Waals surface area contributed by atoms with E-state index < -0.39 is 0 Å². The maximum Gasteiger partial charge on any atom is 0.170 e. The van der Waals surface area contributed by atoms with Crippen LogP contribution < -0.4 is 10.6 Å². The van der Waals surface area contributed by atoms with Crippen LogP contribution in [-0.4, -0.2) is 48.9 Å². The van der Waals surface area contributed by atoms with Gasteiger partial charge in [-0.1, -0.05) is 26.0 Å². The van der Waals surface area contributed by atoms with Gasteiger partial charge >= 0.3 is 0 Å². The third kappa shape index (κ3) is 5.75. The molecule has 0 spiro atoms. The van der Waals surface area contributed by atoms with Crippen LogP contribution in [0, 0.1) is 19.8 Å². The summed E-state index contributed by atoms with van der Waals surface area (Å²) in [5.41, 5.74) is 3.56. The summed E-state index contributed by atoms with van der Waals surface area (Å²) >= 11 is 5.42. The van der Waals surface area contributed by atoms with Crippen molar-refractivity contribution in [3.05, 3.63) is 29.3 Å². The second-order valence-electron chi connectivity index (χ2n) is 6.73. The first-order valence-electron chi connectivity index (χ1n) is 8.40. The van der Waals surface area contributed by atoms with E-state index in [1.807, 2.05) is 6.07 Å². The SMILES string of the molecule is Cc1cccc(NC(=S)NC[C@@H]2CN(CC(C)C)CCO2)c1C. The van der Waals surface area contributed by atoms with E-state index in [9.17, 15) is 0 Å². The summed E-state index contributed by atoms with van der Waals surface area (Å²) in [6, 6.07) is 6.20. The molecule has 0 unspecified atom stereocenters. The first kappa shape index (κ1) is 18.2. The van der Waals surface area contributed by atoms with E-state index >= 15 is 0 Å². The summed E-state index contributed by atoms with van der Waals surface area (Å²) in [6.07, 6.45) is 0.195. The van der Waals surface area contributed by atoms with Crippen molar-refractivity contribution >= 4 is 23.0 Å². The second kappa shape index (κ2) is 8.62. The molecule has 0 bridgehead atoms. The zero-order valence-electron chi connectivity index (χ0n) is 14.7. The van der Waals surface area contributed by atoms with E-state index in [-0.39, 0.29) is 6.10 Å². The highest BCUT2D eigenvalue weighted by molar-refractivity contribution is 7.80. The standard InChI is InChI=1S/C18H29N3OS/c1-13(2)11-21-8-9-22-16(12-21)10-19-18(23)20-17-7-5-6-14(3)15(17)4/h5-7,13,16H,8-12H2,1-4H3,(H2,19,20,23)/t16-/m1/s1. The Balaban J connectivity index is 1.79. The number of hydrogen-bond acceptors (Lipinski definition) is 3. The van der Waals surface area contributed by atoms with Gasteiger partial charge in [0.15, 0.2) is 5.11 Å². The summed E-state index contributed by atoms with van der Waals surface area (Å²) in [7, 11) is 0. The molecule has 23 heavy (non-hydrogen) atoms. The van der Waals surface area contributed by atoms with Crippen LogP contribution in [0.2, 0.25) is 0 Å². The largest absolute Gasteiger partial charge is 0.374 e. The van der Waals surface area contributed by atoms with E-state index in [4.69, 9.17) is 17.0 Å². The minimum atomic E-state index is 0.195. The van der Waals surface area contributed by atoms with E-state index in [2.05, 4.69) is 55.4 Å². The number of anilines is 1. The molecule has 2 rings (SSSR count). The van der Waals surface area contributed by atoms with Gasteiger partial charge in [-0.25, -0.2) is 0 Å². The lowest BCUT2D eigenvalue weighted by molar-refractivity contribution is -0.0283. The van der Waals surface area contributed by atoms with Crippen molar-refractivity contribution in [3.8, 4) is 0 Å². The summed E-state index contributed by atoms with van der Waals surface area (Å²) in [5.74, 6) is 0.689. The minimum Gasteiger partial charge on any atom is -0.374 e. The van der Waals surface area contributed by atoms with Gasteiger partial charge in [-0.2, -0.15) is 0 Å². The van der Waals surface area contributed by atoms with Crippen LogP contribution >= 0.6 is 12.2 Å². The predicted octanol–water partition coefficient (Wildman–Crippen LogP) is 2.95. The first-order chi connectivity index (χ1) is 11.0. The Morgan fingerprint density at radius 3 is 2.91 bits per heavy atom. The Morgan fingerprint density at radius 1 is 1.39 bits per heavy atom. The first-order valence-corrected chi connectivity index (χ1v) is 8.81. The average Bonchev–Trinajstić information content (AvgIpc) is 2.50. The van der Waals surface area contributed by atoms with Gasteiger partial charge in [-0.05, 0) is 49.2 Å². The number of nitrogens with zero attached hydrogens (tertiary/aromatic N) is 1. The van der Waals surface area contributed by atoms with Crippen LogP contribution in [0.5, 0.6) is 0 Å². The Bertz CT molecular complexity index is 533. The van der Waals surface area contributed by atoms with E-state index in [1.54, 1.807) is 0 Å². The fourth-order valence-corrected chi connectivity index (χ4v) is 3.04. The van der Waals surface area contributed by atoms with Crippen molar-refractivity contribution in [2.24, 2.45) is 5.92 Å². The number of thiocarbonyl (C=S) groups is 1. The molecule has 0 saturated carbocycles. The molecular formula is C18H29N3OS. The molecular weight excluding hydrogens is 306 g/mol. The molecule has 2 N–H and O–H groups in total. The molecule has 1 fully saturated rings. The molecule has 1 aliphatic rings. The van der Waals surface area contributed by atoms with Crippen molar-refractivity contribution in [2.45, 2.75) is 33.8 Å². The van der Waals surface area contributed by atoms with Crippen LogP contribution in [0.25, 0.3) is 0 Å². The smallest absolute Gasteiger partial charge is 0.170 e. The van der Waals surface area contributed by atoms with Gasteiger partial charge in [-0.3, -0.25) is 4.90 Å². The van der Waals surface area contributed by atoms with Crippen LogP contribution in [0.3, 0.4) is 0 Å². The van der Waals surface area contributed by atoms with Gasteiger partial charge < -0.3 is 15.4 Å². The van der Waals surface area contributed by atoms with Crippen molar-refractivity contribution in [3.63, 3.8) is 0 Å². The lowest BCUT2D eigenvalue weighted by atomic mass is 10.1. The Kier molecular flexibility index (Phi) is 6.81. The minimum absolute atomic E-state index is 0.195. The number of aryl methyl sites for hydroxylation is 1. The van der Waals surface area contributed by atoms with Gasteiger partial charge in [-0.15, -0.1) is 0 Å². The molecule has 0 amide bonds. The van der Waals surface area contributed by atoms with Gasteiger partial charge in [0, 0.05) is 31.9 Å². The molecule has 1 saturated heterocycles. The molecule has 1 aromatic carbocycles. The molecule has 4 nitrogen and oxygen atoms in total. The number of hydrogen-bond donors (Lipinski definition) is 2. The van der Waals surface area contributed by atoms with Gasteiger partial charge in [0.2, 0.25) is 0 Å². The second-order valence-corrected chi connectivity index (χ2v) is 7.14. The third-order valence-corrected chi connectivity index (χ3v) is 4.44. The number of rotatable bonds is 5. The average molecular weight is 336 g/mol. The van der Waals surface area contributed by atoms with Gasteiger partial charge in [0.1, 0.15) is 0 Å². The van der Waals surface area contributed by atoms with Crippen LogP contribution in [-0.2, 0) is 4.74 Å². The van der Waals surface area contributed by atoms with Crippen molar-refractivity contribution in [2.75, 3.05) is 38.1 Å². The zero-order valence-corrected chi connectivity index (χ0v) is 15.5. The summed E-state index contributed by atoms with van der Waals surface area (Å²) in [4.78, 5) is 2.47. The Labute approximate surface area is 145 Å². The Morgan fingerprint density at radius 2 is 2.17 bits per heavy atom. The lowest BCUT2D eigenvalue weighted by Gasteiger charge is -2.34. The van der Waals surface area contributed by atoms with Crippen molar-refractivity contribution in [1.82, 2.24) is 10.2 Å². The van der Waals surface area contributed by atoms with Crippen LogP contribution in [0.4, 0.5) is 5.69 Å². The molecule has 1 heterocycles. The van der Waals surface area contributed by atoms with Gasteiger partial charge in [0.05, 0.1) is 12.7 Å². The van der Waals surface area contributed by atoms with Gasteiger partial charge in [0.25, 0.3) is 0 Å². The molecule has 0 aliphatic carbocycles. The highest BCUT2D eigenvalue weighted by atomic mass is 32.1. The molecule has 1 atom stereocenters. The van der Waals surface area contributed by atoms with Crippen molar-refractivity contribution in [1.29, 1.82) is 0 Å². The predicted molar refractivity (Wildman–Crippen MR) is 101 cm³/mol. The number of ether oxygens (including phenoxy) is 1. The number of morpholine rings is 1. The molecule has 0 aromatic heterocycles. The van der Waals surface area contributed by atoms with E-state index in [0.29, 0.717) is 11.0 Å². The molecule has 1 aliphatic heterocycles. The quantitative estimate of drug-likeness (QED) is 0.809. The normalized spacial score (nSPS) is 18.9. The lowest BCUT2D eigenvalue weighted by Crippen LogP contribution is -2.48. The summed E-state index contributed by atoms with van der Waals surface area (Å²) in [6.45, 7) is 13.4. The molecule has 1 aromatic rings. The highest BCUT2D eigenvalue weighted by Gasteiger charge is 2.20. The number of nitrogens with one attached hydrogen (secondary N) is 2. The van der Waals surface area contributed by atoms with Crippen LogP contribution in [0.15, 0.2) is 18.2 Å². The Hall–Kier alpha value is -1.17. The highest BCUT2D eigenvalue weighted by Crippen LogP contribution is 2.17. The third-order valence-electron chi connectivity index (χ3n) is 4.19. The topological polar surface area (TPSA) is 36.5 Å².